The third-order valence-corrected chi connectivity index (χ3v) is 8.22. The maximum absolute atomic E-state index is 12.1. The molecular formula is C29H36N2O3S. The number of aromatic nitrogens is 1. The van der Waals surface area contributed by atoms with Crippen molar-refractivity contribution in [3.63, 3.8) is 0 Å². The SMILES string of the molecule is COc1ccc2nccc(CCC[C@@H]3CCN(CCCSc4ccc(C)cc4)C[C@@H]3C(=O)O)c2c1. The fourth-order valence-corrected chi connectivity index (χ4v) is 5.93. The number of piperidine rings is 1. The summed E-state index contributed by atoms with van der Waals surface area (Å²) in [5.41, 5.74) is 3.51. The molecule has 2 aromatic carbocycles. The Balaban J connectivity index is 1.25. The first-order valence-electron chi connectivity index (χ1n) is 12.6. The van der Waals surface area contributed by atoms with Crippen LogP contribution in [0.2, 0.25) is 0 Å². The summed E-state index contributed by atoms with van der Waals surface area (Å²) in [7, 11) is 1.68. The number of ether oxygens (including phenoxy) is 1. The number of carbonyl (C=O) groups is 1. The highest BCUT2D eigenvalue weighted by molar-refractivity contribution is 7.99. The molecule has 2 atom stereocenters. The Bertz CT molecular complexity index is 1120. The van der Waals surface area contributed by atoms with Crippen LogP contribution in [-0.2, 0) is 11.2 Å². The summed E-state index contributed by atoms with van der Waals surface area (Å²) >= 11 is 1.88. The van der Waals surface area contributed by atoms with Crippen LogP contribution in [0, 0.1) is 18.8 Å². The van der Waals surface area contributed by atoms with Crippen LogP contribution in [0.3, 0.4) is 0 Å². The zero-order valence-electron chi connectivity index (χ0n) is 20.8. The van der Waals surface area contributed by atoms with Gasteiger partial charge in [0.05, 0.1) is 18.5 Å². The zero-order valence-corrected chi connectivity index (χ0v) is 21.6. The first-order chi connectivity index (χ1) is 17.0. The molecular weight excluding hydrogens is 456 g/mol. The van der Waals surface area contributed by atoms with E-state index in [1.54, 1.807) is 7.11 Å². The highest BCUT2D eigenvalue weighted by Gasteiger charge is 2.33. The third kappa shape index (κ3) is 6.98. The van der Waals surface area contributed by atoms with E-state index in [-0.39, 0.29) is 11.8 Å². The second-order valence-electron chi connectivity index (χ2n) is 9.55. The summed E-state index contributed by atoms with van der Waals surface area (Å²) in [6, 6.07) is 16.7. The highest BCUT2D eigenvalue weighted by atomic mass is 32.2. The summed E-state index contributed by atoms with van der Waals surface area (Å²) < 4.78 is 5.39. The number of carboxylic acid groups (broad SMARTS) is 1. The number of thioether (sulfide) groups is 1. The lowest BCUT2D eigenvalue weighted by Crippen LogP contribution is -2.44. The summed E-state index contributed by atoms with van der Waals surface area (Å²) in [6.07, 6.45) is 6.76. The van der Waals surface area contributed by atoms with Gasteiger partial charge in [-0.25, -0.2) is 0 Å². The van der Waals surface area contributed by atoms with Gasteiger partial charge in [-0.05, 0) is 106 Å². The maximum Gasteiger partial charge on any atom is 0.308 e. The average Bonchev–Trinajstić information content (AvgIpc) is 2.88. The molecule has 0 aliphatic carbocycles. The Morgan fingerprint density at radius 3 is 2.77 bits per heavy atom. The largest absolute Gasteiger partial charge is 0.497 e. The third-order valence-electron chi connectivity index (χ3n) is 7.13. The van der Waals surface area contributed by atoms with Crippen molar-refractivity contribution in [1.82, 2.24) is 9.88 Å². The lowest BCUT2D eigenvalue weighted by atomic mass is 9.81. The van der Waals surface area contributed by atoms with Gasteiger partial charge in [0.2, 0.25) is 0 Å². The van der Waals surface area contributed by atoms with Gasteiger partial charge in [0, 0.05) is 23.0 Å². The molecule has 0 unspecified atom stereocenters. The number of hydrogen-bond acceptors (Lipinski definition) is 5. The molecule has 1 aliphatic heterocycles. The number of hydrogen-bond donors (Lipinski definition) is 1. The molecule has 5 nitrogen and oxygen atoms in total. The first-order valence-corrected chi connectivity index (χ1v) is 13.6. The number of methoxy groups -OCH3 is 1. The van der Waals surface area contributed by atoms with Crippen molar-refractivity contribution < 1.29 is 14.6 Å². The molecule has 1 fully saturated rings. The van der Waals surface area contributed by atoms with Crippen LogP contribution in [0.15, 0.2) is 59.6 Å². The first kappa shape index (κ1) is 25.5. The van der Waals surface area contributed by atoms with Crippen LogP contribution in [0.4, 0.5) is 0 Å². The van der Waals surface area contributed by atoms with E-state index < -0.39 is 5.97 Å². The van der Waals surface area contributed by atoms with Crippen molar-refractivity contribution in [2.45, 2.75) is 43.9 Å². The Labute approximate surface area is 212 Å². The fraction of sp³-hybridized carbons (Fsp3) is 0.448. The van der Waals surface area contributed by atoms with E-state index in [1.165, 1.54) is 16.0 Å². The van der Waals surface area contributed by atoms with Crippen molar-refractivity contribution in [1.29, 1.82) is 0 Å². The van der Waals surface area contributed by atoms with Crippen LogP contribution >= 0.6 is 11.8 Å². The predicted molar refractivity (Wildman–Crippen MR) is 143 cm³/mol. The van der Waals surface area contributed by atoms with E-state index in [4.69, 9.17) is 4.74 Å². The van der Waals surface area contributed by atoms with Crippen LogP contribution in [-0.4, -0.2) is 53.5 Å². The summed E-state index contributed by atoms with van der Waals surface area (Å²) in [4.78, 5) is 20.2. The lowest BCUT2D eigenvalue weighted by Gasteiger charge is -2.36. The molecule has 6 heteroatoms. The minimum atomic E-state index is -0.646. The van der Waals surface area contributed by atoms with E-state index in [1.807, 2.05) is 36.2 Å². The van der Waals surface area contributed by atoms with Crippen LogP contribution in [0.5, 0.6) is 5.75 Å². The van der Waals surface area contributed by atoms with Crippen molar-refractivity contribution in [3.05, 3.63) is 65.9 Å². The van der Waals surface area contributed by atoms with Gasteiger partial charge in [-0.15, -0.1) is 11.8 Å². The van der Waals surface area contributed by atoms with Crippen LogP contribution < -0.4 is 4.74 Å². The molecule has 0 amide bonds. The normalized spacial score (nSPS) is 18.6. The van der Waals surface area contributed by atoms with Crippen LogP contribution in [0.1, 0.15) is 36.8 Å². The second kappa shape index (κ2) is 12.4. The smallest absolute Gasteiger partial charge is 0.308 e. The van der Waals surface area contributed by atoms with E-state index in [2.05, 4.69) is 47.1 Å². The molecule has 1 aromatic heterocycles. The van der Waals surface area contributed by atoms with Gasteiger partial charge < -0.3 is 14.7 Å². The number of rotatable bonds is 11. The van der Waals surface area contributed by atoms with E-state index in [0.29, 0.717) is 6.54 Å². The number of fused-ring (bicyclic) bond motifs is 1. The Kier molecular flexibility index (Phi) is 9.05. The molecule has 3 aromatic rings. The average molecular weight is 493 g/mol. The van der Waals surface area contributed by atoms with Crippen LogP contribution in [0.25, 0.3) is 10.9 Å². The molecule has 0 spiro atoms. The van der Waals surface area contributed by atoms with E-state index in [0.717, 1.165) is 67.6 Å². The van der Waals surface area contributed by atoms with Gasteiger partial charge in [0.15, 0.2) is 0 Å². The van der Waals surface area contributed by atoms with E-state index >= 15 is 0 Å². The Morgan fingerprint density at radius 1 is 1.17 bits per heavy atom. The minimum absolute atomic E-state index is 0.244. The van der Waals surface area contributed by atoms with E-state index in [9.17, 15) is 9.90 Å². The van der Waals surface area contributed by atoms with Crippen molar-refractivity contribution in [2.75, 3.05) is 32.5 Å². The van der Waals surface area contributed by atoms with Crippen molar-refractivity contribution >= 4 is 28.6 Å². The quantitative estimate of drug-likeness (QED) is 0.259. The molecule has 0 saturated carbocycles. The molecule has 0 radical (unpaired) electrons. The Morgan fingerprint density at radius 2 is 2.00 bits per heavy atom. The summed E-state index contributed by atoms with van der Waals surface area (Å²) in [5.74, 6) is 1.22. The molecule has 186 valence electrons. The van der Waals surface area contributed by atoms with Gasteiger partial charge in [-0.2, -0.15) is 0 Å². The molecule has 0 bridgehead atoms. The molecule has 1 N–H and O–H groups in total. The monoisotopic (exact) mass is 492 g/mol. The van der Waals surface area contributed by atoms with Crippen molar-refractivity contribution in [2.24, 2.45) is 11.8 Å². The maximum atomic E-state index is 12.1. The van der Waals surface area contributed by atoms with Gasteiger partial charge in [0.1, 0.15) is 5.75 Å². The second-order valence-corrected chi connectivity index (χ2v) is 10.7. The van der Waals surface area contributed by atoms with Gasteiger partial charge >= 0.3 is 5.97 Å². The molecule has 2 heterocycles. The molecule has 4 rings (SSSR count). The number of benzene rings is 2. The fourth-order valence-electron chi connectivity index (χ4n) is 5.09. The number of aryl methyl sites for hydroxylation is 2. The minimum Gasteiger partial charge on any atom is -0.497 e. The highest BCUT2D eigenvalue weighted by Crippen LogP contribution is 2.30. The number of likely N-dealkylation sites (tertiary alicyclic amines) is 1. The molecule has 35 heavy (non-hydrogen) atoms. The number of nitrogens with zero attached hydrogens (tertiary/aromatic N) is 2. The number of aliphatic carboxylic acids is 1. The summed E-state index contributed by atoms with van der Waals surface area (Å²) in [6.45, 7) is 4.75. The standard InChI is InChI=1S/C29H36N2O3S/c1-21-7-10-25(11-8-21)35-18-4-16-31-17-14-23(27(20-31)29(32)33)6-3-5-22-13-15-30-28-12-9-24(34-2)19-26(22)28/h7-13,15,19,23,27H,3-6,14,16-18,20H2,1-2H3,(H,32,33)/t23-,27+/m1/s1. The predicted octanol–water partition coefficient (Wildman–Crippen LogP) is 6.08. The number of carboxylic acids is 1. The van der Waals surface area contributed by atoms with Gasteiger partial charge in [-0.3, -0.25) is 9.78 Å². The van der Waals surface area contributed by atoms with Gasteiger partial charge in [-0.1, -0.05) is 17.7 Å². The summed E-state index contributed by atoms with van der Waals surface area (Å²) in [5, 5.41) is 11.1. The van der Waals surface area contributed by atoms with Crippen molar-refractivity contribution in [3.8, 4) is 5.75 Å². The Hall–Kier alpha value is -2.57. The lowest BCUT2D eigenvalue weighted by molar-refractivity contribution is -0.146. The zero-order chi connectivity index (χ0) is 24.6. The van der Waals surface area contributed by atoms with Gasteiger partial charge in [0.25, 0.3) is 0 Å². The molecule has 1 aliphatic rings. The molecule has 1 saturated heterocycles. The topological polar surface area (TPSA) is 62.7 Å². The number of pyridine rings is 1.